The van der Waals surface area contributed by atoms with Gasteiger partial charge in [0.1, 0.15) is 0 Å². The van der Waals surface area contributed by atoms with Gasteiger partial charge in [-0.3, -0.25) is 9.69 Å². The summed E-state index contributed by atoms with van der Waals surface area (Å²) in [5.41, 5.74) is 5.45. The molecule has 0 spiro atoms. The van der Waals surface area contributed by atoms with E-state index in [1.54, 1.807) is 0 Å². The summed E-state index contributed by atoms with van der Waals surface area (Å²) in [4.78, 5) is 16.2. The van der Waals surface area contributed by atoms with Crippen LogP contribution in [0.25, 0.3) is 0 Å². The van der Waals surface area contributed by atoms with E-state index >= 15 is 0 Å². The Hall–Kier alpha value is -0.720. The highest BCUT2D eigenvalue weighted by atomic mass is 32.1. The fourth-order valence-corrected chi connectivity index (χ4v) is 1.82. The van der Waals surface area contributed by atoms with Crippen LogP contribution in [0, 0.1) is 0 Å². The first-order valence-electron chi connectivity index (χ1n) is 5.37. The van der Waals surface area contributed by atoms with Crippen LogP contribution < -0.4 is 5.73 Å². The quantitative estimate of drug-likeness (QED) is 0.674. The summed E-state index contributed by atoms with van der Waals surface area (Å²) in [6.45, 7) is 4.92. The van der Waals surface area contributed by atoms with Crippen molar-refractivity contribution < 1.29 is 9.53 Å². The molecule has 1 amide bonds. The molecular formula is C10H19N3O2S. The Bertz CT molecular complexity index is 267. The van der Waals surface area contributed by atoms with Gasteiger partial charge in [-0.1, -0.05) is 12.2 Å². The summed E-state index contributed by atoms with van der Waals surface area (Å²) >= 11 is 4.83. The molecule has 1 heterocycles. The van der Waals surface area contributed by atoms with E-state index in [0.29, 0.717) is 37.8 Å². The van der Waals surface area contributed by atoms with Gasteiger partial charge in [-0.2, -0.15) is 0 Å². The first-order valence-corrected chi connectivity index (χ1v) is 5.78. The summed E-state index contributed by atoms with van der Waals surface area (Å²) in [6, 6.07) is -0.195. The van der Waals surface area contributed by atoms with Crippen LogP contribution in [-0.4, -0.2) is 66.6 Å². The lowest BCUT2D eigenvalue weighted by Crippen LogP contribution is -2.50. The second-order valence-electron chi connectivity index (χ2n) is 4.00. The molecule has 1 atom stereocenters. The van der Waals surface area contributed by atoms with Crippen LogP contribution in [0.5, 0.6) is 0 Å². The minimum atomic E-state index is -0.195. The fraction of sp³-hybridized carbons (Fsp3) is 0.800. The third kappa shape index (κ3) is 3.70. The van der Waals surface area contributed by atoms with Gasteiger partial charge in [-0.05, 0) is 14.0 Å². The average Bonchev–Trinajstić information content (AvgIpc) is 2.27. The summed E-state index contributed by atoms with van der Waals surface area (Å²) in [5.74, 6) is 0.113. The van der Waals surface area contributed by atoms with Gasteiger partial charge >= 0.3 is 0 Å². The monoisotopic (exact) mass is 245 g/mol. The van der Waals surface area contributed by atoms with Crippen molar-refractivity contribution in [1.82, 2.24) is 9.80 Å². The first-order chi connectivity index (χ1) is 7.52. The van der Waals surface area contributed by atoms with Crippen LogP contribution in [0.3, 0.4) is 0 Å². The van der Waals surface area contributed by atoms with E-state index in [9.17, 15) is 4.79 Å². The smallest absolute Gasteiger partial charge is 0.239 e. The number of hydrogen-bond donors (Lipinski definition) is 1. The maximum absolute atomic E-state index is 12.1. The lowest BCUT2D eigenvalue weighted by molar-refractivity contribution is -0.139. The van der Waals surface area contributed by atoms with E-state index in [-0.39, 0.29) is 11.9 Å². The van der Waals surface area contributed by atoms with E-state index in [0.717, 1.165) is 0 Å². The first kappa shape index (κ1) is 13.3. The van der Waals surface area contributed by atoms with Gasteiger partial charge in [0.2, 0.25) is 5.91 Å². The maximum atomic E-state index is 12.1. The van der Waals surface area contributed by atoms with Crippen LogP contribution >= 0.6 is 12.2 Å². The highest BCUT2D eigenvalue weighted by Gasteiger charge is 2.25. The maximum Gasteiger partial charge on any atom is 0.239 e. The predicted octanol–water partition coefficient (Wildman–Crippen LogP) is -0.548. The Morgan fingerprint density at radius 1 is 1.56 bits per heavy atom. The van der Waals surface area contributed by atoms with Crippen LogP contribution in [0.4, 0.5) is 0 Å². The third-order valence-electron chi connectivity index (χ3n) is 2.75. The second-order valence-corrected chi connectivity index (χ2v) is 4.52. The summed E-state index contributed by atoms with van der Waals surface area (Å²) in [7, 11) is 1.85. The van der Waals surface area contributed by atoms with Crippen molar-refractivity contribution in [3.8, 4) is 0 Å². The standard InChI is InChI=1S/C10H19N3O2S/c1-8(12(2)7-9(11)16)10(14)13-3-5-15-6-4-13/h8H,3-7H2,1-2H3,(H2,11,16). The van der Waals surface area contributed by atoms with Gasteiger partial charge in [-0.15, -0.1) is 0 Å². The van der Waals surface area contributed by atoms with E-state index < -0.39 is 0 Å². The van der Waals surface area contributed by atoms with Crippen molar-refractivity contribution in [2.24, 2.45) is 5.73 Å². The van der Waals surface area contributed by atoms with Gasteiger partial charge in [0.15, 0.2) is 0 Å². The molecule has 16 heavy (non-hydrogen) atoms. The minimum Gasteiger partial charge on any atom is -0.392 e. The zero-order valence-corrected chi connectivity index (χ0v) is 10.6. The van der Waals surface area contributed by atoms with Crippen molar-refractivity contribution in [3.63, 3.8) is 0 Å². The molecule has 1 unspecified atom stereocenters. The van der Waals surface area contributed by atoms with Crippen molar-refractivity contribution in [3.05, 3.63) is 0 Å². The minimum absolute atomic E-state index is 0.113. The van der Waals surface area contributed by atoms with Crippen LogP contribution in [0.2, 0.25) is 0 Å². The van der Waals surface area contributed by atoms with Gasteiger partial charge < -0.3 is 15.4 Å². The molecule has 0 radical (unpaired) electrons. The highest BCUT2D eigenvalue weighted by Crippen LogP contribution is 2.04. The van der Waals surface area contributed by atoms with E-state index in [1.165, 1.54) is 0 Å². The number of rotatable bonds is 4. The van der Waals surface area contributed by atoms with Gasteiger partial charge in [0, 0.05) is 19.6 Å². The molecular weight excluding hydrogens is 226 g/mol. The summed E-state index contributed by atoms with van der Waals surface area (Å²) in [6.07, 6.45) is 0. The van der Waals surface area contributed by atoms with Crippen LogP contribution in [0.15, 0.2) is 0 Å². The molecule has 1 saturated heterocycles. The molecule has 6 heteroatoms. The molecule has 0 aromatic rings. The number of carbonyl (C=O) groups excluding carboxylic acids is 1. The number of nitrogens with zero attached hydrogens (tertiary/aromatic N) is 2. The molecule has 0 saturated carbocycles. The predicted molar refractivity (Wildman–Crippen MR) is 66.3 cm³/mol. The molecule has 0 bridgehead atoms. The number of carbonyl (C=O) groups is 1. The van der Waals surface area contributed by atoms with Gasteiger partial charge in [-0.25, -0.2) is 0 Å². The Kier molecular flexibility index (Phi) is 5.11. The molecule has 92 valence electrons. The number of nitrogens with two attached hydrogens (primary N) is 1. The molecule has 0 aliphatic carbocycles. The Labute approximate surface area is 102 Å². The Balaban J connectivity index is 2.48. The largest absolute Gasteiger partial charge is 0.392 e. The van der Waals surface area contributed by atoms with Gasteiger partial charge in [0.25, 0.3) is 0 Å². The number of thiocarbonyl (C=S) groups is 1. The molecule has 1 fully saturated rings. The average molecular weight is 245 g/mol. The summed E-state index contributed by atoms with van der Waals surface area (Å²) < 4.78 is 5.21. The van der Waals surface area contributed by atoms with E-state index in [4.69, 9.17) is 22.7 Å². The van der Waals surface area contributed by atoms with Crippen LogP contribution in [-0.2, 0) is 9.53 Å². The van der Waals surface area contributed by atoms with Crippen LogP contribution in [0.1, 0.15) is 6.92 Å². The van der Waals surface area contributed by atoms with Crippen molar-refractivity contribution >= 4 is 23.1 Å². The van der Waals surface area contributed by atoms with Crippen molar-refractivity contribution in [2.75, 3.05) is 39.9 Å². The number of likely N-dealkylation sites (N-methyl/N-ethyl adjacent to an activating group) is 1. The zero-order chi connectivity index (χ0) is 12.1. The molecule has 0 aromatic carbocycles. The number of hydrogen-bond acceptors (Lipinski definition) is 4. The molecule has 1 aliphatic heterocycles. The SMILES string of the molecule is CC(C(=O)N1CCOCC1)N(C)CC(N)=S. The molecule has 1 rings (SSSR count). The molecule has 1 aliphatic rings. The Morgan fingerprint density at radius 3 is 2.62 bits per heavy atom. The normalized spacial score (nSPS) is 18.6. The number of morpholine rings is 1. The third-order valence-corrected chi connectivity index (χ3v) is 2.88. The van der Waals surface area contributed by atoms with E-state index in [1.807, 2.05) is 23.8 Å². The highest BCUT2D eigenvalue weighted by molar-refractivity contribution is 7.80. The molecule has 5 nitrogen and oxygen atoms in total. The summed E-state index contributed by atoms with van der Waals surface area (Å²) in [5, 5.41) is 0. The lowest BCUT2D eigenvalue weighted by atomic mass is 10.2. The van der Waals surface area contributed by atoms with Crippen molar-refractivity contribution in [1.29, 1.82) is 0 Å². The number of amides is 1. The Morgan fingerprint density at radius 2 is 2.12 bits per heavy atom. The van der Waals surface area contributed by atoms with Crippen molar-refractivity contribution in [2.45, 2.75) is 13.0 Å². The topological polar surface area (TPSA) is 58.8 Å². The molecule has 2 N–H and O–H groups in total. The lowest BCUT2D eigenvalue weighted by Gasteiger charge is -2.32. The van der Waals surface area contributed by atoms with Gasteiger partial charge in [0.05, 0.1) is 24.2 Å². The zero-order valence-electron chi connectivity index (χ0n) is 9.81. The molecule has 0 aromatic heterocycles. The van der Waals surface area contributed by atoms with E-state index in [2.05, 4.69) is 0 Å². The fourth-order valence-electron chi connectivity index (χ4n) is 1.62. The number of ether oxygens (including phenoxy) is 1. The second kappa shape index (κ2) is 6.12.